The van der Waals surface area contributed by atoms with Gasteiger partial charge in [-0.15, -0.1) is 0 Å². The summed E-state index contributed by atoms with van der Waals surface area (Å²) in [6.45, 7) is 5.15. The van der Waals surface area contributed by atoms with E-state index in [1.54, 1.807) is 34.1 Å². The molecule has 2 amide bonds. The second-order valence-corrected chi connectivity index (χ2v) is 7.01. The van der Waals surface area contributed by atoms with Gasteiger partial charge in [-0.25, -0.2) is 5.10 Å². The molecule has 0 aliphatic carbocycles. The van der Waals surface area contributed by atoms with E-state index in [0.717, 1.165) is 13.1 Å². The van der Waals surface area contributed by atoms with Gasteiger partial charge in [0.05, 0.1) is 25.1 Å². The molecular weight excluding hydrogens is 362 g/mol. The number of ether oxygens (including phenoxy) is 1. The second-order valence-electron chi connectivity index (χ2n) is 7.01. The lowest BCUT2D eigenvalue weighted by molar-refractivity contribution is -0.134. The van der Waals surface area contributed by atoms with Gasteiger partial charge in [0.1, 0.15) is 0 Å². The Labute approximate surface area is 161 Å². The quantitative estimate of drug-likeness (QED) is 0.768. The van der Waals surface area contributed by atoms with Gasteiger partial charge in [0.15, 0.2) is 5.69 Å². The first kappa shape index (κ1) is 18.6. The maximum Gasteiger partial charge on any atom is 0.275 e. The molecule has 2 fully saturated rings. The minimum absolute atomic E-state index is 0.0848. The highest BCUT2D eigenvalue weighted by atomic mass is 16.5. The molecule has 0 bridgehead atoms. The number of rotatable bonds is 3. The van der Waals surface area contributed by atoms with Crippen LogP contribution in [0.4, 0.5) is 0 Å². The number of hydrogen-bond donors (Lipinski definition) is 1. The standard InChI is InChI=1S/C19H23N5O4/c25-16(13-22-9-11-28-12-10-22)23-5-7-24(8-6-23)19(27)17-14-3-1-2-4-15(14)18(26)21-20-17/h1-4H,5-13H2,(H,21,26). The van der Waals surface area contributed by atoms with E-state index in [2.05, 4.69) is 15.1 Å². The van der Waals surface area contributed by atoms with Crippen LogP contribution in [0.5, 0.6) is 0 Å². The summed E-state index contributed by atoms with van der Waals surface area (Å²) < 4.78 is 5.31. The largest absolute Gasteiger partial charge is 0.379 e. The third-order valence-corrected chi connectivity index (χ3v) is 5.28. The summed E-state index contributed by atoms with van der Waals surface area (Å²) in [6, 6.07) is 6.94. The van der Waals surface area contributed by atoms with Crippen molar-refractivity contribution in [2.24, 2.45) is 0 Å². The maximum atomic E-state index is 12.9. The minimum atomic E-state index is -0.314. The molecule has 3 heterocycles. The number of aromatic amines is 1. The number of piperazine rings is 1. The number of nitrogens with zero attached hydrogens (tertiary/aromatic N) is 4. The Morgan fingerprint density at radius 2 is 1.61 bits per heavy atom. The monoisotopic (exact) mass is 385 g/mol. The zero-order chi connectivity index (χ0) is 19.5. The van der Waals surface area contributed by atoms with Crippen molar-refractivity contribution in [3.8, 4) is 0 Å². The topological polar surface area (TPSA) is 98.8 Å². The van der Waals surface area contributed by atoms with Crippen molar-refractivity contribution >= 4 is 22.6 Å². The predicted molar refractivity (Wildman–Crippen MR) is 102 cm³/mol. The number of aromatic nitrogens is 2. The van der Waals surface area contributed by atoms with Gasteiger partial charge in [-0.1, -0.05) is 18.2 Å². The van der Waals surface area contributed by atoms with Crippen LogP contribution < -0.4 is 5.56 Å². The van der Waals surface area contributed by atoms with Crippen LogP contribution in [0.25, 0.3) is 10.8 Å². The van der Waals surface area contributed by atoms with E-state index in [1.807, 2.05) is 0 Å². The number of carbonyl (C=O) groups is 2. The minimum Gasteiger partial charge on any atom is -0.379 e. The lowest BCUT2D eigenvalue weighted by atomic mass is 10.1. The SMILES string of the molecule is O=C(CN1CCOCC1)N1CCN(C(=O)c2n[nH]c(=O)c3ccccc23)CC1. The number of nitrogens with one attached hydrogen (secondary N) is 1. The first-order valence-corrected chi connectivity index (χ1v) is 9.48. The van der Waals surface area contributed by atoms with Crippen molar-refractivity contribution < 1.29 is 14.3 Å². The Morgan fingerprint density at radius 3 is 2.32 bits per heavy atom. The summed E-state index contributed by atoms with van der Waals surface area (Å²) in [6.07, 6.45) is 0. The molecule has 0 unspecified atom stereocenters. The van der Waals surface area contributed by atoms with Crippen molar-refractivity contribution in [1.29, 1.82) is 0 Å². The molecule has 2 saturated heterocycles. The molecule has 0 saturated carbocycles. The summed E-state index contributed by atoms with van der Waals surface area (Å²) in [7, 11) is 0. The number of morpholine rings is 1. The Balaban J connectivity index is 1.40. The highest BCUT2D eigenvalue weighted by Gasteiger charge is 2.28. The molecule has 9 nitrogen and oxygen atoms in total. The summed E-state index contributed by atoms with van der Waals surface area (Å²) in [5.74, 6) is -0.144. The van der Waals surface area contributed by atoms with Crippen molar-refractivity contribution in [2.45, 2.75) is 0 Å². The number of fused-ring (bicyclic) bond motifs is 1. The van der Waals surface area contributed by atoms with E-state index in [4.69, 9.17) is 4.74 Å². The van der Waals surface area contributed by atoms with Gasteiger partial charge < -0.3 is 14.5 Å². The first-order valence-electron chi connectivity index (χ1n) is 9.48. The summed E-state index contributed by atoms with van der Waals surface area (Å²) in [4.78, 5) is 42.9. The van der Waals surface area contributed by atoms with Gasteiger partial charge in [-0.2, -0.15) is 5.10 Å². The summed E-state index contributed by atoms with van der Waals surface area (Å²) in [5, 5.41) is 7.38. The van der Waals surface area contributed by atoms with Crippen molar-refractivity contribution in [2.75, 3.05) is 59.0 Å². The van der Waals surface area contributed by atoms with E-state index in [9.17, 15) is 14.4 Å². The molecule has 28 heavy (non-hydrogen) atoms. The van der Waals surface area contributed by atoms with Crippen LogP contribution in [-0.4, -0.2) is 95.7 Å². The molecule has 9 heteroatoms. The second kappa shape index (κ2) is 8.07. The van der Waals surface area contributed by atoms with Gasteiger partial charge in [0.2, 0.25) is 5.91 Å². The number of carbonyl (C=O) groups excluding carboxylic acids is 2. The zero-order valence-corrected chi connectivity index (χ0v) is 15.6. The van der Waals surface area contributed by atoms with Crippen molar-refractivity contribution in [3.05, 3.63) is 40.3 Å². The Hall–Kier alpha value is -2.78. The van der Waals surface area contributed by atoms with E-state index in [0.29, 0.717) is 56.7 Å². The Morgan fingerprint density at radius 1 is 0.964 bits per heavy atom. The van der Waals surface area contributed by atoms with Crippen LogP contribution in [0.15, 0.2) is 29.1 Å². The first-order chi connectivity index (χ1) is 13.6. The van der Waals surface area contributed by atoms with Gasteiger partial charge in [-0.3, -0.25) is 19.3 Å². The lowest BCUT2D eigenvalue weighted by Gasteiger charge is -2.36. The molecule has 1 N–H and O–H groups in total. The molecule has 1 aromatic carbocycles. The fraction of sp³-hybridized carbons (Fsp3) is 0.474. The van der Waals surface area contributed by atoms with Crippen LogP contribution in [0.2, 0.25) is 0 Å². The zero-order valence-electron chi connectivity index (χ0n) is 15.6. The Bertz CT molecular complexity index is 929. The van der Waals surface area contributed by atoms with Gasteiger partial charge in [0.25, 0.3) is 11.5 Å². The number of amides is 2. The molecule has 4 rings (SSSR count). The van der Waals surface area contributed by atoms with Crippen LogP contribution in [-0.2, 0) is 9.53 Å². The highest BCUT2D eigenvalue weighted by Crippen LogP contribution is 2.15. The average Bonchev–Trinajstić information content (AvgIpc) is 2.74. The molecule has 2 aliphatic rings. The third kappa shape index (κ3) is 3.76. The van der Waals surface area contributed by atoms with E-state index >= 15 is 0 Å². The lowest BCUT2D eigenvalue weighted by Crippen LogP contribution is -2.53. The summed E-state index contributed by atoms with van der Waals surface area (Å²) in [5.41, 5.74) is -0.0750. The molecule has 1 aromatic heterocycles. The summed E-state index contributed by atoms with van der Waals surface area (Å²) >= 11 is 0. The Kier molecular flexibility index (Phi) is 5.36. The van der Waals surface area contributed by atoms with Crippen LogP contribution in [0.1, 0.15) is 10.5 Å². The van der Waals surface area contributed by atoms with Crippen molar-refractivity contribution in [1.82, 2.24) is 24.9 Å². The maximum absolute atomic E-state index is 12.9. The molecule has 2 aromatic rings. The molecule has 0 atom stereocenters. The molecular formula is C19H23N5O4. The normalized spacial score (nSPS) is 18.4. The number of benzene rings is 1. The van der Waals surface area contributed by atoms with E-state index < -0.39 is 0 Å². The fourth-order valence-electron chi connectivity index (χ4n) is 3.64. The molecule has 148 valence electrons. The third-order valence-electron chi connectivity index (χ3n) is 5.28. The van der Waals surface area contributed by atoms with E-state index in [1.165, 1.54) is 0 Å². The number of H-pyrrole nitrogens is 1. The van der Waals surface area contributed by atoms with Crippen LogP contribution >= 0.6 is 0 Å². The smallest absolute Gasteiger partial charge is 0.275 e. The fourth-order valence-corrected chi connectivity index (χ4v) is 3.64. The van der Waals surface area contributed by atoms with E-state index in [-0.39, 0.29) is 23.1 Å². The highest BCUT2D eigenvalue weighted by molar-refractivity contribution is 6.04. The van der Waals surface area contributed by atoms with Gasteiger partial charge in [-0.05, 0) is 6.07 Å². The molecule has 0 spiro atoms. The number of hydrogen-bond acceptors (Lipinski definition) is 6. The van der Waals surface area contributed by atoms with Crippen LogP contribution in [0, 0.1) is 0 Å². The van der Waals surface area contributed by atoms with Crippen molar-refractivity contribution in [3.63, 3.8) is 0 Å². The molecule has 2 aliphatic heterocycles. The van der Waals surface area contributed by atoms with Gasteiger partial charge >= 0.3 is 0 Å². The average molecular weight is 385 g/mol. The molecule has 0 radical (unpaired) electrons. The van der Waals surface area contributed by atoms with Gasteiger partial charge in [0, 0.05) is 44.7 Å². The van der Waals surface area contributed by atoms with Crippen LogP contribution in [0.3, 0.4) is 0 Å². The predicted octanol–water partition coefficient (Wildman–Crippen LogP) is -0.460.